The molecule has 1 aliphatic rings. The number of carbonyl (C=O) groups excluding carboxylic acids is 3. The number of carboxylic acids is 1. The molecule has 0 aromatic heterocycles. The van der Waals surface area contributed by atoms with Crippen molar-refractivity contribution in [1.82, 2.24) is 4.90 Å². The summed E-state index contributed by atoms with van der Waals surface area (Å²) in [6.07, 6.45) is 2.54. The van der Waals surface area contributed by atoms with E-state index >= 15 is 0 Å². The summed E-state index contributed by atoms with van der Waals surface area (Å²) in [4.78, 5) is 37.8. The Morgan fingerprint density at radius 3 is 2.45 bits per heavy atom. The van der Waals surface area contributed by atoms with Crippen LogP contribution in [0.25, 0.3) is 6.08 Å². The molecule has 0 spiro atoms. The Morgan fingerprint density at radius 1 is 1.10 bits per heavy atom. The molecule has 2 aromatic rings. The summed E-state index contributed by atoms with van der Waals surface area (Å²) in [5, 5.41) is 13.3. The van der Waals surface area contributed by atoms with E-state index in [0.29, 0.717) is 23.6 Å². The zero-order valence-corrected chi connectivity index (χ0v) is 16.9. The molecule has 0 bridgehead atoms. The summed E-state index contributed by atoms with van der Waals surface area (Å²) in [6.45, 7) is 0.355. The zero-order chi connectivity index (χ0) is 20.8. The van der Waals surface area contributed by atoms with Gasteiger partial charge in [-0.05, 0) is 47.5 Å². The van der Waals surface area contributed by atoms with Gasteiger partial charge in [-0.2, -0.15) is 0 Å². The van der Waals surface area contributed by atoms with Gasteiger partial charge in [0, 0.05) is 18.7 Å². The number of anilines is 1. The van der Waals surface area contributed by atoms with Crippen LogP contribution in [0.15, 0.2) is 59.5 Å². The molecular formula is C21H17N2O4S2-. The minimum atomic E-state index is -1.27. The highest BCUT2D eigenvalue weighted by molar-refractivity contribution is 8.19. The monoisotopic (exact) mass is 425 g/mol. The van der Waals surface area contributed by atoms with Gasteiger partial charge in [-0.3, -0.25) is 14.5 Å². The molecule has 6 nitrogen and oxygen atoms in total. The summed E-state index contributed by atoms with van der Waals surface area (Å²) >= 11 is 6.51. The number of thiocarbonyl (C=S) groups is 1. The quantitative estimate of drug-likeness (QED) is 0.541. The number of hydrogen-bond acceptors (Lipinski definition) is 6. The molecule has 2 aromatic carbocycles. The molecule has 0 radical (unpaired) electrons. The van der Waals surface area contributed by atoms with Crippen LogP contribution in [-0.4, -0.2) is 33.5 Å². The second kappa shape index (κ2) is 9.49. The van der Waals surface area contributed by atoms with Crippen LogP contribution < -0.4 is 10.4 Å². The van der Waals surface area contributed by atoms with Crippen molar-refractivity contribution in [3.8, 4) is 0 Å². The molecule has 0 saturated carbocycles. The summed E-state index contributed by atoms with van der Waals surface area (Å²) < 4.78 is 0. The van der Waals surface area contributed by atoms with Crippen LogP contribution in [0.3, 0.4) is 0 Å². The molecule has 0 atom stereocenters. The Kier molecular flexibility index (Phi) is 6.79. The number of carboxylic acid groups (broad SMARTS) is 1. The minimum Gasteiger partial charge on any atom is -0.545 e. The van der Waals surface area contributed by atoms with Crippen molar-refractivity contribution in [3.63, 3.8) is 0 Å². The van der Waals surface area contributed by atoms with Crippen molar-refractivity contribution < 1.29 is 19.5 Å². The van der Waals surface area contributed by atoms with E-state index in [2.05, 4.69) is 5.32 Å². The fourth-order valence-electron chi connectivity index (χ4n) is 2.70. The van der Waals surface area contributed by atoms with E-state index in [1.165, 1.54) is 29.2 Å². The van der Waals surface area contributed by atoms with Crippen LogP contribution in [0, 0.1) is 0 Å². The first kappa shape index (κ1) is 20.8. The third kappa shape index (κ3) is 5.52. The van der Waals surface area contributed by atoms with Crippen molar-refractivity contribution in [3.05, 3.63) is 70.6 Å². The summed E-state index contributed by atoms with van der Waals surface area (Å²) in [7, 11) is 0. The van der Waals surface area contributed by atoms with Crippen LogP contribution in [-0.2, 0) is 4.79 Å². The fraction of sp³-hybridized carbons (Fsp3) is 0.143. The number of amides is 2. The van der Waals surface area contributed by atoms with E-state index in [0.717, 1.165) is 22.2 Å². The predicted octanol–water partition coefficient (Wildman–Crippen LogP) is 3.31. The Labute approximate surface area is 177 Å². The summed E-state index contributed by atoms with van der Waals surface area (Å²) in [6, 6.07) is 15.4. The zero-order valence-electron chi connectivity index (χ0n) is 15.3. The fourth-order valence-corrected chi connectivity index (χ4v) is 3.99. The molecule has 8 heteroatoms. The third-order valence-corrected chi connectivity index (χ3v) is 5.66. The predicted molar refractivity (Wildman–Crippen MR) is 115 cm³/mol. The summed E-state index contributed by atoms with van der Waals surface area (Å²) in [5.74, 6) is -1.50. The maximum absolute atomic E-state index is 12.2. The van der Waals surface area contributed by atoms with E-state index < -0.39 is 5.97 Å². The van der Waals surface area contributed by atoms with Crippen LogP contribution in [0.1, 0.15) is 28.8 Å². The molecule has 0 unspecified atom stereocenters. The second-order valence-electron chi connectivity index (χ2n) is 6.26. The largest absolute Gasteiger partial charge is 0.545 e. The lowest BCUT2D eigenvalue weighted by molar-refractivity contribution is -0.255. The standard InChI is InChI=1S/C21H18N2O4S2/c24-18(22-16-10-8-15(9-11-16)20(25)26)7-4-12-23-19(28)17(29-21(23)27)13-14-5-2-1-3-6-14/h1-3,5-6,8-11,13H,4,7,12H2,(H,22,24)(H,25,26)/p-1/b17-13+. The van der Waals surface area contributed by atoms with Crippen LogP contribution in [0.4, 0.5) is 10.5 Å². The first-order valence-corrected chi connectivity index (χ1v) is 10.1. The molecule has 1 heterocycles. The maximum atomic E-state index is 12.2. The number of hydrogen-bond donors (Lipinski definition) is 1. The van der Waals surface area contributed by atoms with Crippen molar-refractivity contribution in [1.29, 1.82) is 0 Å². The lowest BCUT2D eigenvalue weighted by atomic mass is 10.2. The highest BCUT2D eigenvalue weighted by Gasteiger charge is 2.31. The molecule has 2 amide bonds. The lowest BCUT2D eigenvalue weighted by Gasteiger charge is -2.14. The molecular weight excluding hydrogens is 408 g/mol. The van der Waals surface area contributed by atoms with Gasteiger partial charge in [0.1, 0.15) is 4.99 Å². The molecule has 0 aliphatic carbocycles. The average Bonchev–Trinajstić information content (AvgIpc) is 2.96. The van der Waals surface area contributed by atoms with Crippen molar-refractivity contribution >= 4 is 57.8 Å². The second-order valence-corrected chi connectivity index (χ2v) is 7.64. The van der Waals surface area contributed by atoms with Crippen molar-refractivity contribution in [2.24, 2.45) is 0 Å². The number of carbonyl (C=O) groups is 3. The van der Waals surface area contributed by atoms with Gasteiger partial charge >= 0.3 is 0 Å². The number of thioether (sulfide) groups is 1. The highest BCUT2D eigenvalue weighted by atomic mass is 32.2. The van der Waals surface area contributed by atoms with Gasteiger partial charge < -0.3 is 15.2 Å². The van der Waals surface area contributed by atoms with Crippen molar-refractivity contribution in [2.75, 3.05) is 11.9 Å². The Bertz CT molecular complexity index is 972. The van der Waals surface area contributed by atoms with Gasteiger partial charge in [0.2, 0.25) is 5.91 Å². The van der Waals surface area contributed by atoms with E-state index in [4.69, 9.17) is 12.2 Å². The number of nitrogens with one attached hydrogen (secondary N) is 1. The summed E-state index contributed by atoms with van der Waals surface area (Å²) in [5.41, 5.74) is 1.51. The Morgan fingerprint density at radius 2 is 1.79 bits per heavy atom. The smallest absolute Gasteiger partial charge is 0.291 e. The molecule has 1 fully saturated rings. The highest BCUT2D eigenvalue weighted by Crippen LogP contribution is 2.33. The molecule has 1 aliphatic heterocycles. The first-order valence-electron chi connectivity index (χ1n) is 8.86. The first-order chi connectivity index (χ1) is 13.9. The van der Waals surface area contributed by atoms with E-state index in [9.17, 15) is 19.5 Å². The molecule has 148 valence electrons. The van der Waals surface area contributed by atoms with Gasteiger partial charge in [-0.15, -0.1) is 0 Å². The molecule has 1 N–H and O–H groups in total. The number of benzene rings is 2. The number of nitrogens with zero attached hydrogens (tertiary/aromatic N) is 1. The van der Waals surface area contributed by atoms with Crippen LogP contribution >= 0.6 is 24.0 Å². The Balaban J connectivity index is 1.50. The van der Waals surface area contributed by atoms with Gasteiger partial charge in [0.05, 0.1) is 10.9 Å². The van der Waals surface area contributed by atoms with E-state index in [1.807, 2.05) is 36.4 Å². The maximum Gasteiger partial charge on any atom is 0.291 e. The van der Waals surface area contributed by atoms with Crippen molar-refractivity contribution in [2.45, 2.75) is 12.8 Å². The topological polar surface area (TPSA) is 89.5 Å². The SMILES string of the molecule is O=C(CCCN1C(=O)S/C(=C/c2ccccc2)C1=S)Nc1ccc(C(=O)[O-])cc1. The number of aromatic carboxylic acids is 1. The average molecular weight is 426 g/mol. The Hall–Kier alpha value is -2.97. The van der Waals surface area contributed by atoms with Gasteiger partial charge in [0.25, 0.3) is 5.24 Å². The lowest BCUT2D eigenvalue weighted by Crippen LogP contribution is -2.28. The molecule has 3 rings (SSSR count). The van der Waals surface area contributed by atoms with Crippen LogP contribution in [0.5, 0.6) is 0 Å². The van der Waals surface area contributed by atoms with E-state index in [-0.39, 0.29) is 23.1 Å². The van der Waals surface area contributed by atoms with Gasteiger partial charge in [0.15, 0.2) is 0 Å². The van der Waals surface area contributed by atoms with Gasteiger partial charge in [-0.25, -0.2) is 0 Å². The van der Waals surface area contributed by atoms with Gasteiger partial charge in [-0.1, -0.05) is 54.7 Å². The third-order valence-electron chi connectivity index (χ3n) is 4.16. The van der Waals surface area contributed by atoms with Crippen LogP contribution in [0.2, 0.25) is 0 Å². The number of rotatable bonds is 7. The molecule has 1 saturated heterocycles. The minimum absolute atomic E-state index is 0.0425. The van der Waals surface area contributed by atoms with E-state index in [1.54, 1.807) is 0 Å². The molecule has 29 heavy (non-hydrogen) atoms. The normalized spacial score (nSPS) is 15.0.